The Bertz CT molecular complexity index is 742. The normalized spacial score (nSPS) is 23.4. The minimum atomic E-state index is -0.586. The fourth-order valence-corrected chi connectivity index (χ4v) is 4.30. The number of amides is 2. The standard InChI is InChI=1S/C20H27ClFN3O4/c1-29-9-6-23-19(27)18-11-15(26)12-25(18)14-4-7-24(8-5-14)20(28)16-10-13(21)2-3-17(16)22/h2-3,10,14-15,18,26H,4-9,11-12H2,1H3,(H,23,27)/t15-,18+/m1/s1. The number of piperidine rings is 1. The number of hydrogen-bond acceptors (Lipinski definition) is 5. The summed E-state index contributed by atoms with van der Waals surface area (Å²) in [7, 11) is 1.57. The molecular formula is C20H27ClFN3O4. The molecule has 2 heterocycles. The number of likely N-dealkylation sites (tertiary alicyclic amines) is 2. The van der Waals surface area contributed by atoms with Gasteiger partial charge in [0.15, 0.2) is 0 Å². The second-order valence-electron chi connectivity index (χ2n) is 7.53. The van der Waals surface area contributed by atoms with E-state index in [0.717, 1.165) is 0 Å². The summed E-state index contributed by atoms with van der Waals surface area (Å²) in [4.78, 5) is 28.8. The quantitative estimate of drug-likeness (QED) is 0.668. The molecule has 0 radical (unpaired) electrons. The fourth-order valence-electron chi connectivity index (χ4n) is 4.13. The molecule has 7 nitrogen and oxygen atoms in total. The molecule has 9 heteroatoms. The lowest BCUT2D eigenvalue weighted by Gasteiger charge is -2.39. The molecule has 3 rings (SSSR count). The molecule has 2 aliphatic heterocycles. The highest BCUT2D eigenvalue weighted by atomic mass is 35.5. The van der Waals surface area contributed by atoms with Crippen LogP contribution < -0.4 is 5.32 Å². The van der Waals surface area contributed by atoms with E-state index < -0.39 is 11.9 Å². The van der Waals surface area contributed by atoms with E-state index in [0.29, 0.717) is 57.1 Å². The number of aliphatic hydroxyl groups excluding tert-OH is 1. The summed E-state index contributed by atoms with van der Waals surface area (Å²) in [6, 6.07) is 3.65. The van der Waals surface area contributed by atoms with Gasteiger partial charge in [-0.25, -0.2) is 4.39 Å². The Morgan fingerprint density at radius 2 is 2.07 bits per heavy atom. The molecular weight excluding hydrogens is 401 g/mol. The van der Waals surface area contributed by atoms with E-state index in [2.05, 4.69) is 5.32 Å². The van der Waals surface area contributed by atoms with Crippen molar-refractivity contribution in [2.75, 3.05) is 39.9 Å². The molecule has 29 heavy (non-hydrogen) atoms. The number of methoxy groups -OCH3 is 1. The van der Waals surface area contributed by atoms with Crippen molar-refractivity contribution in [3.63, 3.8) is 0 Å². The van der Waals surface area contributed by atoms with Crippen LogP contribution in [0, 0.1) is 5.82 Å². The molecule has 2 N–H and O–H groups in total. The molecule has 2 fully saturated rings. The number of β-amino-alcohol motifs (C(OH)–C–C–N with tert-alkyl or cyclic N) is 1. The molecule has 160 valence electrons. The van der Waals surface area contributed by atoms with Crippen LogP contribution in [0.4, 0.5) is 4.39 Å². The zero-order valence-electron chi connectivity index (χ0n) is 16.4. The van der Waals surface area contributed by atoms with Crippen LogP contribution in [0.1, 0.15) is 29.6 Å². The molecule has 2 atom stereocenters. The third-order valence-electron chi connectivity index (χ3n) is 5.60. The molecule has 0 saturated carbocycles. The van der Waals surface area contributed by atoms with Crippen molar-refractivity contribution in [1.29, 1.82) is 0 Å². The largest absolute Gasteiger partial charge is 0.392 e. The Morgan fingerprint density at radius 3 is 2.76 bits per heavy atom. The van der Waals surface area contributed by atoms with Gasteiger partial charge in [0.2, 0.25) is 5.91 Å². The first kappa shape index (κ1) is 22.0. The highest BCUT2D eigenvalue weighted by molar-refractivity contribution is 6.31. The van der Waals surface area contributed by atoms with Crippen molar-refractivity contribution in [1.82, 2.24) is 15.1 Å². The van der Waals surface area contributed by atoms with Crippen LogP contribution >= 0.6 is 11.6 Å². The van der Waals surface area contributed by atoms with Crippen LogP contribution in [0.25, 0.3) is 0 Å². The van der Waals surface area contributed by atoms with E-state index in [1.165, 1.54) is 18.2 Å². The van der Waals surface area contributed by atoms with Gasteiger partial charge in [0, 0.05) is 44.4 Å². The summed E-state index contributed by atoms with van der Waals surface area (Å²) in [5.41, 5.74) is -0.0251. The predicted molar refractivity (Wildman–Crippen MR) is 106 cm³/mol. The minimum Gasteiger partial charge on any atom is -0.392 e. The summed E-state index contributed by atoms with van der Waals surface area (Å²) in [5, 5.41) is 13.3. The number of halogens is 2. The molecule has 0 unspecified atom stereocenters. The first-order valence-corrected chi connectivity index (χ1v) is 10.2. The van der Waals surface area contributed by atoms with E-state index >= 15 is 0 Å². The monoisotopic (exact) mass is 427 g/mol. The van der Waals surface area contributed by atoms with Gasteiger partial charge in [-0.1, -0.05) is 11.6 Å². The van der Waals surface area contributed by atoms with Crippen molar-refractivity contribution in [3.05, 3.63) is 34.6 Å². The SMILES string of the molecule is COCCNC(=O)[C@@H]1C[C@@H](O)CN1C1CCN(C(=O)c2cc(Cl)ccc2F)CC1. The molecule has 0 spiro atoms. The molecule has 0 aliphatic carbocycles. The average Bonchev–Trinajstić information content (AvgIpc) is 3.11. The lowest BCUT2D eigenvalue weighted by atomic mass is 10.0. The Labute approximate surface area is 174 Å². The van der Waals surface area contributed by atoms with E-state index in [4.69, 9.17) is 16.3 Å². The number of hydrogen-bond donors (Lipinski definition) is 2. The number of carbonyl (C=O) groups excluding carboxylic acids is 2. The topological polar surface area (TPSA) is 82.1 Å². The van der Waals surface area contributed by atoms with Crippen LogP contribution in [0.2, 0.25) is 5.02 Å². The van der Waals surface area contributed by atoms with Gasteiger partial charge in [0.05, 0.1) is 24.3 Å². The van der Waals surface area contributed by atoms with Crippen LogP contribution in [-0.4, -0.2) is 84.8 Å². The van der Waals surface area contributed by atoms with Gasteiger partial charge in [-0.3, -0.25) is 14.5 Å². The van der Waals surface area contributed by atoms with Gasteiger partial charge in [-0.15, -0.1) is 0 Å². The van der Waals surface area contributed by atoms with Crippen molar-refractivity contribution >= 4 is 23.4 Å². The molecule has 0 aromatic heterocycles. The molecule has 2 amide bonds. The van der Waals surface area contributed by atoms with E-state index in [-0.39, 0.29) is 29.5 Å². The second-order valence-corrected chi connectivity index (χ2v) is 7.97. The van der Waals surface area contributed by atoms with Crippen LogP contribution in [0.3, 0.4) is 0 Å². The summed E-state index contributed by atoms with van der Waals surface area (Å²) in [6.07, 6.45) is 1.16. The molecule has 1 aromatic carbocycles. The van der Waals surface area contributed by atoms with Crippen LogP contribution in [-0.2, 0) is 9.53 Å². The summed E-state index contributed by atoms with van der Waals surface area (Å²) in [6.45, 7) is 2.21. The number of benzene rings is 1. The first-order valence-electron chi connectivity index (χ1n) is 9.85. The average molecular weight is 428 g/mol. The first-order chi connectivity index (χ1) is 13.9. The van der Waals surface area contributed by atoms with E-state index in [9.17, 15) is 19.1 Å². The van der Waals surface area contributed by atoms with Gasteiger partial charge in [0.1, 0.15) is 5.82 Å². The Hall–Kier alpha value is -1.74. The summed E-state index contributed by atoms with van der Waals surface area (Å²) in [5.74, 6) is -1.08. The number of aliphatic hydroxyl groups is 1. The number of nitrogens with one attached hydrogen (secondary N) is 1. The van der Waals surface area contributed by atoms with Gasteiger partial charge in [-0.2, -0.15) is 0 Å². The van der Waals surface area contributed by atoms with Crippen molar-refractivity contribution in [2.45, 2.75) is 37.5 Å². The third kappa shape index (κ3) is 5.25. The number of rotatable bonds is 6. The Kier molecular flexibility index (Phi) is 7.45. The Morgan fingerprint density at radius 1 is 1.34 bits per heavy atom. The highest BCUT2D eigenvalue weighted by Crippen LogP contribution is 2.27. The van der Waals surface area contributed by atoms with Crippen molar-refractivity contribution < 1.29 is 23.8 Å². The number of carbonyl (C=O) groups is 2. The van der Waals surface area contributed by atoms with Crippen LogP contribution in [0.15, 0.2) is 18.2 Å². The van der Waals surface area contributed by atoms with Crippen LogP contribution in [0.5, 0.6) is 0 Å². The maximum atomic E-state index is 14.0. The summed E-state index contributed by atoms with van der Waals surface area (Å²) >= 11 is 5.90. The minimum absolute atomic E-state index is 0.0251. The number of ether oxygens (including phenoxy) is 1. The van der Waals surface area contributed by atoms with Gasteiger partial charge in [0.25, 0.3) is 5.91 Å². The number of nitrogens with zero attached hydrogens (tertiary/aromatic N) is 2. The fraction of sp³-hybridized carbons (Fsp3) is 0.600. The molecule has 0 bridgehead atoms. The maximum absolute atomic E-state index is 14.0. The molecule has 1 aromatic rings. The van der Waals surface area contributed by atoms with Crippen molar-refractivity contribution in [3.8, 4) is 0 Å². The third-order valence-corrected chi connectivity index (χ3v) is 5.84. The van der Waals surface area contributed by atoms with Gasteiger partial charge < -0.3 is 20.1 Å². The van der Waals surface area contributed by atoms with E-state index in [1.54, 1.807) is 12.0 Å². The predicted octanol–water partition coefficient (Wildman–Crippen LogP) is 1.28. The molecule has 2 aliphatic rings. The smallest absolute Gasteiger partial charge is 0.256 e. The summed E-state index contributed by atoms with van der Waals surface area (Å²) < 4.78 is 19.0. The van der Waals surface area contributed by atoms with Gasteiger partial charge in [-0.05, 0) is 37.5 Å². The Balaban J connectivity index is 1.59. The second kappa shape index (κ2) is 9.84. The lowest BCUT2D eigenvalue weighted by Crippen LogP contribution is -2.52. The van der Waals surface area contributed by atoms with Gasteiger partial charge >= 0.3 is 0 Å². The zero-order valence-corrected chi connectivity index (χ0v) is 17.2. The zero-order chi connectivity index (χ0) is 21.0. The molecule has 2 saturated heterocycles. The lowest BCUT2D eigenvalue weighted by molar-refractivity contribution is -0.126. The van der Waals surface area contributed by atoms with Crippen molar-refractivity contribution in [2.24, 2.45) is 0 Å². The maximum Gasteiger partial charge on any atom is 0.256 e. The van der Waals surface area contributed by atoms with E-state index in [1.807, 2.05) is 4.90 Å². The highest BCUT2D eigenvalue weighted by Gasteiger charge is 2.41.